The second-order valence-electron chi connectivity index (χ2n) is 16.1. The molecule has 64 heavy (non-hydrogen) atoms. The molecule has 0 aromatic heterocycles. The van der Waals surface area contributed by atoms with Gasteiger partial charge in [0.05, 0.1) is 0 Å². The standard InChI is InChI=1S/C58H90O6/c1-4-7-10-13-16-19-22-25-28-31-33-36-39-42-45-48-51-57(60)63-54-55(64-58(61)52-49-46-43-40-37-34-30-27-24-21-18-15-12-9-6-3)53-62-56(59)50-47-44-41-38-35-32-29-26-23-20-17-14-11-8-5-2/h7,9-10,12,15-16,18-21,23-25,27-28,30,33-34,36-37,42,45,55H,4-6,8,11,13-14,17,22,26,29,31-32,35,38-41,43-44,46-54H2,1-3H3/b10-7-,12-9-,18-15-,19-16-,23-20-,24-21-,28-25-,30-27-,36-33-,37-34-,45-42-. The second-order valence-corrected chi connectivity index (χ2v) is 16.1. The Kier molecular flexibility index (Phi) is 47.6. The van der Waals surface area contributed by atoms with E-state index >= 15 is 0 Å². The van der Waals surface area contributed by atoms with Crippen LogP contribution in [0.1, 0.15) is 194 Å². The van der Waals surface area contributed by atoms with Gasteiger partial charge in [-0.05, 0) is 96.3 Å². The predicted molar refractivity (Wildman–Crippen MR) is 274 cm³/mol. The van der Waals surface area contributed by atoms with Crippen molar-refractivity contribution in [3.8, 4) is 0 Å². The topological polar surface area (TPSA) is 78.9 Å². The molecule has 0 fully saturated rings. The van der Waals surface area contributed by atoms with E-state index in [-0.39, 0.29) is 44.0 Å². The number of rotatable bonds is 43. The highest BCUT2D eigenvalue weighted by Crippen LogP contribution is 2.12. The number of carbonyl (C=O) groups excluding carboxylic acids is 3. The molecule has 0 heterocycles. The van der Waals surface area contributed by atoms with Gasteiger partial charge >= 0.3 is 17.9 Å². The van der Waals surface area contributed by atoms with Crippen LogP contribution in [-0.2, 0) is 28.6 Å². The summed E-state index contributed by atoms with van der Waals surface area (Å²) in [5, 5.41) is 0. The summed E-state index contributed by atoms with van der Waals surface area (Å²) in [6.45, 7) is 6.24. The van der Waals surface area contributed by atoms with Gasteiger partial charge in [0.1, 0.15) is 13.2 Å². The van der Waals surface area contributed by atoms with Crippen LogP contribution in [0.3, 0.4) is 0 Å². The minimum Gasteiger partial charge on any atom is -0.462 e. The van der Waals surface area contributed by atoms with Crippen LogP contribution in [0.4, 0.5) is 0 Å². The molecule has 0 aromatic rings. The number of hydrogen-bond acceptors (Lipinski definition) is 6. The maximum absolute atomic E-state index is 12.8. The lowest BCUT2D eigenvalue weighted by Crippen LogP contribution is -2.30. The van der Waals surface area contributed by atoms with E-state index in [2.05, 4.69) is 93.7 Å². The van der Waals surface area contributed by atoms with Crippen molar-refractivity contribution in [2.75, 3.05) is 13.2 Å². The Balaban J connectivity index is 4.61. The highest BCUT2D eigenvalue weighted by molar-refractivity contribution is 5.71. The molecule has 358 valence electrons. The van der Waals surface area contributed by atoms with Gasteiger partial charge in [-0.15, -0.1) is 0 Å². The van der Waals surface area contributed by atoms with Gasteiger partial charge in [-0.1, -0.05) is 212 Å². The van der Waals surface area contributed by atoms with E-state index in [9.17, 15) is 14.4 Å². The Labute approximate surface area is 392 Å². The summed E-state index contributed by atoms with van der Waals surface area (Å²) in [7, 11) is 0. The molecule has 0 spiro atoms. The van der Waals surface area contributed by atoms with Crippen LogP contribution in [-0.4, -0.2) is 37.2 Å². The van der Waals surface area contributed by atoms with Crippen molar-refractivity contribution in [1.82, 2.24) is 0 Å². The lowest BCUT2D eigenvalue weighted by Gasteiger charge is -2.18. The van der Waals surface area contributed by atoms with Crippen LogP contribution >= 0.6 is 0 Å². The maximum atomic E-state index is 12.8. The van der Waals surface area contributed by atoms with E-state index in [1.807, 2.05) is 60.8 Å². The molecule has 0 rings (SSSR count). The Morgan fingerprint density at radius 3 is 1.25 bits per heavy atom. The lowest BCUT2D eigenvalue weighted by molar-refractivity contribution is -0.166. The van der Waals surface area contributed by atoms with Crippen molar-refractivity contribution in [3.63, 3.8) is 0 Å². The zero-order chi connectivity index (χ0) is 46.5. The van der Waals surface area contributed by atoms with Crippen molar-refractivity contribution in [1.29, 1.82) is 0 Å². The summed E-state index contributed by atoms with van der Waals surface area (Å²) < 4.78 is 16.7. The Bertz CT molecular complexity index is 1430. The number of ether oxygens (including phenoxy) is 3. The highest BCUT2D eigenvalue weighted by Gasteiger charge is 2.19. The van der Waals surface area contributed by atoms with E-state index in [0.29, 0.717) is 19.3 Å². The van der Waals surface area contributed by atoms with Gasteiger partial charge in [-0.3, -0.25) is 14.4 Å². The first kappa shape index (κ1) is 59.6. The predicted octanol–water partition coefficient (Wildman–Crippen LogP) is 16.7. The van der Waals surface area contributed by atoms with Crippen molar-refractivity contribution >= 4 is 17.9 Å². The summed E-state index contributed by atoms with van der Waals surface area (Å²) in [6.07, 6.45) is 71.6. The average Bonchev–Trinajstić information content (AvgIpc) is 3.29. The first-order valence-corrected chi connectivity index (χ1v) is 25.3. The van der Waals surface area contributed by atoms with Gasteiger partial charge in [0.25, 0.3) is 0 Å². The number of hydrogen-bond donors (Lipinski definition) is 0. The molecule has 1 atom stereocenters. The second kappa shape index (κ2) is 51.2. The molecule has 0 saturated carbocycles. The molecule has 0 saturated heterocycles. The zero-order valence-corrected chi connectivity index (χ0v) is 40.7. The lowest BCUT2D eigenvalue weighted by atomic mass is 10.1. The average molecular weight is 883 g/mol. The summed E-state index contributed by atoms with van der Waals surface area (Å²) in [5.74, 6) is -1.07. The third kappa shape index (κ3) is 48.6. The third-order valence-corrected chi connectivity index (χ3v) is 10.0. The van der Waals surface area contributed by atoms with E-state index in [0.717, 1.165) is 77.0 Å². The number of unbranched alkanes of at least 4 members (excludes halogenated alkanes) is 14. The molecule has 0 aliphatic carbocycles. The molecule has 6 heteroatoms. The van der Waals surface area contributed by atoms with Gasteiger partial charge in [0, 0.05) is 19.3 Å². The normalized spacial score (nSPS) is 13.2. The molecular weight excluding hydrogens is 793 g/mol. The van der Waals surface area contributed by atoms with Crippen LogP contribution < -0.4 is 0 Å². The van der Waals surface area contributed by atoms with E-state index in [1.165, 1.54) is 64.2 Å². The minimum absolute atomic E-state index is 0.125. The van der Waals surface area contributed by atoms with Gasteiger partial charge in [0.2, 0.25) is 0 Å². The Hall–Kier alpha value is -4.45. The van der Waals surface area contributed by atoms with Crippen LogP contribution in [0.25, 0.3) is 0 Å². The van der Waals surface area contributed by atoms with Gasteiger partial charge in [-0.25, -0.2) is 0 Å². The molecule has 0 N–H and O–H groups in total. The molecule has 0 aromatic carbocycles. The summed E-state index contributed by atoms with van der Waals surface area (Å²) in [4.78, 5) is 37.9. The number of allylic oxidation sites excluding steroid dienone is 22. The SMILES string of the molecule is CC\C=C/C=C\C=C/C=C\C=C/CCCCCC(=O)OC(COC(=O)CC/C=C\C/C=C\C/C=C\C/C=C\C/C=C\CC)COC(=O)CCCCCCCCC/C=C\CCCCCC. The minimum atomic E-state index is -0.836. The van der Waals surface area contributed by atoms with Crippen LogP contribution in [0.5, 0.6) is 0 Å². The fraction of sp³-hybridized carbons (Fsp3) is 0.569. The summed E-state index contributed by atoms with van der Waals surface area (Å²) >= 11 is 0. The zero-order valence-electron chi connectivity index (χ0n) is 40.7. The van der Waals surface area contributed by atoms with E-state index < -0.39 is 6.10 Å². The highest BCUT2D eigenvalue weighted by atomic mass is 16.6. The van der Waals surface area contributed by atoms with Crippen molar-refractivity contribution in [3.05, 3.63) is 134 Å². The number of carbonyl (C=O) groups is 3. The summed E-state index contributed by atoms with van der Waals surface area (Å²) in [6, 6.07) is 0. The quantitative estimate of drug-likeness (QED) is 0.0200. The molecule has 0 aliphatic rings. The largest absolute Gasteiger partial charge is 0.462 e. The molecule has 0 aliphatic heterocycles. The third-order valence-electron chi connectivity index (χ3n) is 10.0. The fourth-order valence-corrected chi connectivity index (χ4v) is 6.27. The molecule has 1 unspecified atom stereocenters. The van der Waals surface area contributed by atoms with Crippen LogP contribution in [0, 0.1) is 0 Å². The first-order chi connectivity index (χ1) is 31.5. The summed E-state index contributed by atoms with van der Waals surface area (Å²) in [5.41, 5.74) is 0. The molecule has 0 bridgehead atoms. The van der Waals surface area contributed by atoms with E-state index in [4.69, 9.17) is 14.2 Å². The molecule has 0 radical (unpaired) electrons. The van der Waals surface area contributed by atoms with Crippen LogP contribution in [0.15, 0.2) is 134 Å². The number of esters is 3. The fourth-order valence-electron chi connectivity index (χ4n) is 6.27. The van der Waals surface area contributed by atoms with Gasteiger partial charge in [0.15, 0.2) is 6.10 Å². The molecule has 6 nitrogen and oxygen atoms in total. The first-order valence-electron chi connectivity index (χ1n) is 25.3. The van der Waals surface area contributed by atoms with Gasteiger partial charge < -0.3 is 14.2 Å². The Morgan fingerprint density at radius 1 is 0.344 bits per heavy atom. The smallest absolute Gasteiger partial charge is 0.306 e. The maximum Gasteiger partial charge on any atom is 0.306 e. The van der Waals surface area contributed by atoms with Crippen molar-refractivity contribution in [2.45, 2.75) is 200 Å². The monoisotopic (exact) mass is 883 g/mol. The Morgan fingerprint density at radius 2 is 0.719 bits per heavy atom. The van der Waals surface area contributed by atoms with Gasteiger partial charge in [-0.2, -0.15) is 0 Å². The van der Waals surface area contributed by atoms with Crippen LogP contribution in [0.2, 0.25) is 0 Å². The molecular formula is C58H90O6. The van der Waals surface area contributed by atoms with Crippen molar-refractivity contribution in [2.24, 2.45) is 0 Å². The molecule has 0 amide bonds. The van der Waals surface area contributed by atoms with Crippen molar-refractivity contribution < 1.29 is 28.6 Å². The van der Waals surface area contributed by atoms with E-state index in [1.54, 1.807) is 0 Å².